The number of nitrogens with zero attached hydrogens (tertiary/aromatic N) is 3. The SMILES string of the molecule is CCNC(=NCc1ccccc1-n1ccnc1)NCC(=O)NC(C)(C)C. The fraction of sp³-hybridized carbons (Fsp3) is 0.421. The lowest BCUT2D eigenvalue weighted by Gasteiger charge is -2.21. The lowest BCUT2D eigenvalue weighted by molar-refractivity contribution is -0.121. The van der Waals surface area contributed by atoms with Crippen LogP contribution in [-0.2, 0) is 11.3 Å². The second kappa shape index (κ2) is 9.03. The molecule has 1 aromatic heterocycles. The minimum absolute atomic E-state index is 0.0677. The molecular weight excluding hydrogens is 328 g/mol. The Labute approximate surface area is 154 Å². The molecule has 0 aliphatic heterocycles. The van der Waals surface area contributed by atoms with Crippen molar-refractivity contribution in [3.8, 4) is 5.69 Å². The molecule has 0 aliphatic rings. The van der Waals surface area contributed by atoms with Crippen molar-refractivity contribution in [1.29, 1.82) is 0 Å². The third-order valence-corrected chi connectivity index (χ3v) is 3.46. The van der Waals surface area contributed by atoms with Gasteiger partial charge in [-0.15, -0.1) is 0 Å². The number of aromatic nitrogens is 2. The summed E-state index contributed by atoms with van der Waals surface area (Å²) in [6.07, 6.45) is 5.42. The second-order valence-electron chi connectivity index (χ2n) is 6.95. The molecule has 0 bridgehead atoms. The van der Waals surface area contributed by atoms with Gasteiger partial charge in [0.2, 0.25) is 5.91 Å². The molecule has 0 atom stereocenters. The van der Waals surface area contributed by atoms with Crippen molar-refractivity contribution in [1.82, 2.24) is 25.5 Å². The van der Waals surface area contributed by atoms with Crippen LogP contribution in [0, 0.1) is 0 Å². The van der Waals surface area contributed by atoms with Crippen molar-refractivity contribution < 1.29 is 4.79 Å². The van der Waals surface area contributed by atoms with Gasteiger partial charge in [0.15, 0.2) is 5.96 Å². The number of hydrogen-bond donors (Lipinski definition) is 3. The van der Waals surface area contributed by atoms with Crippen molar-refractivity contribution in [3.05, 3.63) is 48.5 Å². The summed E-state index contributed by atoms with van der Waals surface area (Å²) >= 11 is 0. The summed E-state index contributed by atoms with van der Waals surface area (Å²) in [4.78, 5) is 20.7. The quantitative estimate of drug-likeness (QED) is 0.545. The van der Waals surface area contributed by atoms with Crippen molar-refractivity contribution in [2.45, 2.75) is 39.8 Å². The van der Waals surface area contributed by atoms with E-state index in [0.29, 0.717) is 12.5 Å². The van der Waals surface area contributed by atoms with Gasteiger partial charge in [-0.1, -0.05) is 18.2 Å². The van der Waals surface area contributed by atoms with Gasteiger partial charge in [0.25, 0.3) is 0 Å². The van der Waals surface area contributed by atoms with Crippen LogP contribution in [-0.4, -0.2) is 40.0 Å². The van der Waals surface area contributed by atoms with E-state index in [1.54, 1.807) is 12.5 Å². The number of aliphatic imine (C=N–C) groups is 1. The van der Waals surface area contributed by atoms with Crippen LogP contribution >= 0.6 is 0 Å². The van der Waals surface area contributed by atoms with Gasteiger partial charge in [-0.25, -0.2) is 9.98 Å². The van der Waals surface area contributed by atoms with Gasteiger partial charge in [-0.05, 0) is 39.3 Å². The smallest absolute Gasteiger partial charge is 0.239 e. The van der Waals surface area contributed by atoms with Crippen LogP contribution < -0.4 is 16.0 Å². The van der Waals surface area contributed by atoms with Crippen molar-refractivity contribution in [2.24, 2.45) is 4.99 Å². The first kappa shape index (κ1) is 19.5. The Morgan fingerprint density at radius 1 is 1.23 bits per heavy atom. The minimum Gasteiger partial charge on any atom is -0.357 e. The van der Waals surface area contributed by atoms with Crippen LogP contribution in [0.4, 0.5) is 0 Å². The maximum absolute atomic E-state index is 12.0. The van der Waals surface area contributed by atoms with Crippen LogP contribution in [0.2, 0.25) is 0 Å². The zero-order chi connectivity index (χ0) is 19.0. The largest absolute Gasteiger partial charge is 0.357 e. The fourth-order valence-corrected chi connectivity index (χ4v) is 2.43. The summed E-state index contributed by atoms with van der Waals surface area (Å²) in [6, 6.07) is 8.05. The summed E-state index contributed by atoms with van der Waals surface area (Å²) in [5.41, 5.74) is 1.86. The highest BCUT2D eigenvalue weighted by Crippen LogP contribution is 2.14. The van der Waals surface area contributed by atoms with Crippen molar-refractivity contribution in [2.75, 3.05) is 13.1 Å². The highest BCUT2D eigenvalue weighted by molar-refractivity contribution is 5.86. The van der Waals surface area contributed by atoms with E-state index in [1.807, 2.05) is 62.7 Å². The van der Waals surface area contributed by atoms with E-state index >= 15 is 0 Å². The highest BCUT2D eigenvalue weighted by atomic mass is 16.2. The number of hydrogen-bond acceptors (Lipinski definition) is 3. The van der Waals surface area contributed by atoms with Gasteiger partial charge in [0.05, 0.1) is 25.1 Å². The molecule has 0 aliphatic carbocycles. The lowest BCUT2D eigenvalue weighted by Crippen LogP contribution is -2.48. The monoisotopic (exact) mass is 356 g/mol. The van der Waals surface area contributed by atoms with Crippen molar-refractivity contribution >= 4 is 11.9 Å². The Bertz CT molecular complexity index is 731. The topological polar surface area (TPSA) is 83.3 Å². The summed E-state index contributed by atoms with van der Waals surface area (Å²) in [5.74, 6) is 0.541. The molecule has 1 heterocycles. The Kier molecular flexibility index (Phi) is 6.77. The summed E-state index contributed by atoms with van der Waals surface area (Å²) < 4.78 is 1.96. The third kappa shape index (κ3) is 6.23. The van der Waals surface area contributed by atoms with Crippen LogP contribution in [0.5, 0.6) is 0 Å². The van der Waals surface area contributed by atoms with Gasteiger partial charge in [0.1, 0.15) is 0 Å². The van der Waals surface area contributed by atoms with E-state index in [1.165, 1.54) is 0 Å². The molecule has 7 heteroatoms. The molecule has 0 fully saturated rings. The molecule has 140 valence electrons. The first-order valence-electron chi connectivity index (χ1n) is 8.78. The molecule has 0 saturated carbocycles. The molecule has 3 N–H and O–H groups in total. The molecule has 0 radical (unpaired) electrons. The first-order valence-corrected chi connectivity index (χ1v) is 8.78. The van der Waals surface area contributed by atoms with Gasteiger partial charge < -0.3 is 20.5 Å². The normalized spacial score (nSPS) is 11.9. The number of amides is 1. The van der Waals surface area contributed by atoms with E-state index in [0.717, 1.165) is 17.8 Å². The zero-order valence-corrected chi connectivity index (χ0v) is 15.9. The standard InChI is InChI=1S/C19H28N6O/c1-5-21-18(23-13-17(26)24-19(2,3)4)22-12-15-8-6-7-9-16(15)25-11-10-20-14-25/h6-11,14H,5,12-13H2,1-4H3,(H,24,26)(H2,21,22,23). The predicted octanol–water partition coefficient (Wildman–Crippen LogP) is 1.84. The summed E-state index contributed by atoms with van der Waals surface area (Å²) in [7, 11) is 0. The summed E-state index contributed by atoms with van der Waals surface area (Å²) in [6.45, 7) is 9.24. The molecule has 2 aromatic rings. The predicted molar refractivity (Wildman–Crippen MR) is 104 cm³/mol. The maximum atomic E-state index is 12.0. The molecule has 7 nitrogen and oxygen atoms in total. The Morgan fingerprint density at radius 2 is 2.00 bits per heavy atom. The lowest BCUT2D eigenvalue weighted by atomic mass is 10.1. The van der Waals surface area contributed by atoms with E-state index in [4.69, 9.17) is 0 Å². The van der Waals surface area contributed by atoms with E-state index < -0.39 is 0 Å². The average molecular weight is 356 g/mol. The first-order chi connectivity index (χ1) is 12.4. The molecule has 0 unspecified atom stereocenters. The van der Waals surface area contributed by atoms with Gasteiger partial charge in [-0.3, -0.25) is 4.79 Å². The van der Waals surface area contributed by atoms with Crippen LogP contribution in [0.25, 0.3) is 5.69 Å². The minimum atomic E-state index is -0.252. The van der Waals surface area contributed by atoms with E-state index in [2.05, 4.69) is 25.9 Å². The van der Waals surface area contributed by atoms with Gasteiger partial charge in [-0.2, -0.15) is 0 Å². The van der Waals surface area contributed by atoms with Gasteiger partial charge >= 0.3 is 0 Å². The Morgan fingerprint density at radius 3 is 2.65 bits per heavy atom. The number of benzene rings is 1. The van der Waals surface area contributed by atoms with Crippen LogP contribution in [0.15, 0.2) is 48.0 Å². The maximum Gasteiger partial charge on any atom is 0.239 e. The Hall–Kier alpha value is -2.83. The molecular formula is C19H28N6O. The third-order valence-electron chi connectivity index (χ3n) is 3.46. The molecule has 1 aromatic carbocycles. The number of carbonyl (C=O) groups excluding carboxylic acids is 1. The van der Waals surface area contributed by atoms with E-state index in [-0.39, 0.29) is 18.0 Å². The Balaban J connectivity index is 2.05. The molecule has 0 spiro atoms. The average Bonchev–Trinajstić information content (AvgIpc) is 3.10. The number of imidazole rings is 1. The summed E-state index contributed by atoms with van der Waals surface area (Å²) in [5, 5.41) is 9.16. The van der Waals surface area contributed by atoms with Crippen molar-refractivity contribution in [3.63, 3.8) is 0 Å². The van der Waals surface area contributed by atoms with E-state index in [9.17, 15) is 4.79 Å². The number of guanidine groups is 1. The zero-order valence-electron chi connectivity index (χ0n) is 15.9. The molecule has 2 rings (SSSR count). The van der Waals surface area contributed by atoms with Crippen LogP contribution in [0.1, 0.15) is 33.3 Å². The number of rotatable bonds is 6. The number of carbonyl (C=O) groups is 1. The molecule has 26 heavy (non-hydrogen) atoms. The fourth-order valence-electron chi connectivity index (χ4n) is 2.43. The number of nitrogens with one attached hydrogen (secondary N) is 3. The number of para-hydroxylation sites is 1. The highest BCUT2D eigenvalue weighted by Gasteiger charge is 2.13. The second-order valence-corrected chi connectivity index (χ2v) is 6.95. The molecule has 0 saturated heterocycles. The van der Waals surface area contributed by atoms with Gasteiger partial charge in [0, 0.05) is 24.5 Å². The molecule has 1 amide bonds. The van der Waals surface area contributed by atoms with Crippen LogP contribution in [0.3, 0.4) is 0 Å².